The van der Waals surface area contributed by atoms with Crippen molar-refractivity contribution < 1.29 is 4.79 Å². The molecule has 1 aliphatic rings. The Bertz CT molecular complexity index is 391. The van der Waals surface area contributed by atoms with Crippen molar-refractivity contribution in [1.82, 2.24) is 10.2 Å². The van der Waals surface area contributed by atoms with Gasteiger partial charge in [-0.15, -0.1) is 0 Å². The zero-order chi connectivity index (χ0) is 13.0. The molecule has 0 aliphatic carbocycles. The molecule has 1 aromatic rings. The quantitative estimate of drug-likeness (QED) is 0.888. The lowest BCUT2D eigenvalue weighted by Gasteiger charge is -2.39. The van der Waals surface area contributed by atoms with Crippen molar-refractivity contribution in [3.8, 4) is 0 Å². The van der Waals surface area contributed by atoms with Crippen LogP contribution in [0.25, 0.3) is 0 Å². The van der Waals surface area contributed by atoms with Gasteiger partial charge in [-0.25, -0.2) is 0 Å². The van der Waals surface area contributed by atoms with Crippen LogP contribution in [0.2, 0.25) is 0 Å². The highest BCUT2D eigenvalue weighted by atomic mass is 16.2. The molecule has 1 saturated heterocycles. The molecule has 0 radical (unpaired) electrons. The number of nitrogens with zero attached hydrogens (tertiary/aromatic N) is 1. The van der Waals surface area contributed by atoms with Crippen LogP contribution in [0.3, 0.4) is 0 Å². The van der Waals surface area contributed by atoms with Gasteiger partial charge in [0.05, 0.1) is 0 Å². The van der Waals surface area contributed by atoms with E-state index in [4.69, 9.17) is 0 Å². The summed E-state index contributed by atoms with van der Waals surface area (Å²) in [5.74, 6) is 0.285. The van der Waals surface area contributed by atoms with Crippen molar-refractivity contribution >= 4 is 5.91 Å². The van der Waals surface area contributed by atoms with E-state index in [1.807, 2.05) is 23.1 Å². The molecule has 1 aromatic carbocycles. The molecule has 2 unspecified atom stereocenters. The molecule has 1 fully saturated rings. The van der Waals surface area contributed by atoms with Crippen molar-refractivity contribution in [3.63, 3.8) is 0 Å². The summed E-state index contributed by atoms with van der Waals surface area (Å²) >= 11 is 0. The fourth-order valence-electron chi connectivity index (χ4n) is 2.48. The summed E-state index contributed by atoms with van der Waals surface area (Å²) in [6.45, 7) is 5.82. The Balaban J connectivity index is 2.07. The molecule has 2 rings (SSSR count). The lowest BCUT2D eigenvalue weighted by molar-refractivity contribution is -0.134. The molecule has 0 aromatic heterocycles. The Kier molecular flexibility index (Phi) is 4.37. The summed E-state index contributed by atoms with van der Waals surface area (Å²) in [5.41, 5.74) is 1.26. The minimum absolute atomic E-state index is 0.267. The molecule has 0 saturated carbocycles. The predicted octanol–water partition coefficient (Wildman–Crippen LogP) is 2.35. The number of carbonyl (C=O) groups excluding carboxylic acids is 1. The van der Waals surface area contributed by atoms with Crippen LogP contribution in [0.1, 0.15) is 38.3 Å². The summed E-state index contributed by atoms with van der Waals surface area (Å²) in [5, 5.41) is 3.52. The van der Waals surface area contributed by atoms with Gasteiger partial charge in [0.1, 0.15) is 0 Å². The van der Waals surface area contributed by atoms with Crippen molar-refractivity contribution in [2.75, 3.05) is 13.1 Å². The highest BCUT2D eigenvalue weighted by Gasteiger charge is 2.28. The lowest BCUT2D eigenvalue weighted by Crippen LogP contribution is -2.53. The third kappa shape index (κ3) is 2.91. The Labute approximate surface area is 109 Å². The van der Waals surface area contributed by atoms with Crippen LogP contribution in [0.15, 0.2) is 30.3 Å². The van der Waals surface area contributed by atoms with Gasteiger partial charge in [-0.05, 0) is 18.9 Å². The molecule has 3 heteroatoms. The van der Waals surface area contributed by atoms with E-state index in [0.29, 0.717) is 12.5 Å². The standard InChI is InChI=1S/C15H22N2O/c1-3-7-15(18)17-11-14(16-10-12(17)2)13-8-5-4-6-9-13/h4-6,8-9,12,14,16H,3,7,10-11H2,1-2H3. The van der Waals surface area contributed by atoms with Crippen LogP contribution in [-0.4, -0.2) is 29.9 Å². The van der Waals surface area contributed by atoms with Gasteiger partial charge in [0, 0.05) is 31.6 Å². The van der Waals surface area contributed by atoms with E-state index in [1.54, 1.807) is 0 Å². The van der Waals surface area contributed by atoms with Crippen molar-refractivity contribution in [1.29, 1.82) is 0 Å². The molecule has 18 heavy (non-hydrogen) atoms. The highest BCUT2D eigenvalue weighted by Crippen LogP contribution is 2.20. The van der Waals surface area contributed by atoms with E-state index in [0.717, 1.165) is 19.5 Å². The van der Waals surface area contributed by atoms with E-state index in [2.05, 4.69) is 31.3 Å². The van der Waals surface area contributed by atoms with E-state index in [9.17, 15) is 4.79 Å². The number of piperazine rings is 1. The van der Waals surface area contributed by atoms with E-state index in [1.165, 1.54) is 5.56 Å². The van der Waals surface area contributed by atoms with Gasteiger partial charge in [0.15, 0.2) is 0 Å². The number of carbonyl (C=O) groups is 1. The number of amides is 1. The summed E-state index contributed by atoms with van der Waals surface area (Å²) in [6, 6.07) is 10.9. The second-order valence-corrected chi connectivity index (χ2v) is 5.02. The van der Waals surface area contributed by atoms with Crippen LogP contribution in [0, 0.1) is 0 Å². The van der Waals surface area contributed by atoms with E-state index < -0.39 is 0 Å². The first-order valence-corrected chi connectivity index (χ1v) is 6.80. The molecule has 3 nitrogen and oxygen atoms in total. The highest BCUT2D eigenvalue weighted by molar-refractivity contribution is 5.76. The van der Waals surface area contributed by atoms with Crippen molar-refractivity contribution in [2.45, 2.75) is 38.8 Å². The first-order chi connectivity index (χ1) is 8.72. The van der Waals surface area contributed by atoms with Gasteiger partial charge in [-0.1, -0.05) is 37.3 Å². The second kappa shape index (κ2) is 6.01. The Hall–Kier alpha value is -1.35. The third-order valence-electron chi connectivity index (χ3n) is 3.56. The van der Waals surface area contributed by atoms with Gasteiger partial charge in [0.2, 0.25) is 5.91 Å². The first kappa shape index (κ1) is 13.1. The number of rotatable bonds is 3. The van der Waals surface area contributed by atoms with Crippen LogP contribution >= 0.6 is 0 Å². The Morgan fingerprint density at radius 1 is 1.39 bits per heavy atom. The number of benzene rings is 1. The number of nitrogens with one attached hydrogen (secondary N) is 1. The Morgan fingerprint density at radius 2 is 2.11 bits per heavy atom. The van der Waals surface area contributed by atoms with Gasteiger partial charge >= 0.3 is 0 Å². The van der Waals surface area contributed by atoms with Crippen LogP contribution < -0.4 is 5.32 Å². The molecular weight excluding hydrogens is 224 g/mol. The molecular formula is C15H22N2O. The molecule has 98 valence electrons. The number of hydrogen-bond donors (Lipinski definition) is 1. The summed E-state index contributed by atoms with van der Waals surface area (Å²) < 4.78 is 0. The maximum Gasteiger partial charge on any atom is 0.222 e. The average molecular weight is 246 g/mol. The third-order valence-corrected chi connectivity index (χ3v) is 3.56. The molecule has 1 aliphatic heterocycles. The molecule has 0 bridgehead atoms. The predicted molar refractivity (Wildman–Crippen MR) is 73.3 cm³/mol. The zero-order valence-corrected chi connectivity index (χ0v) is 11.2. The second-order valence-electron chi connectivity index (χ2n) is 5.02. The maximum atomic E-state index is 12.1. The first-order valence-electron chi connectivity index (χ1n) is 6.80. The average Bonchev–Trinajstić information content (AvgIpc) is 2.40. The maximum absolute atomic E-state index is 12.1. The van der Waals surface area contributed by atoms with Gasteiger partial charge < -0.3 is 10.2 Å². The lowest BCUT2D eigenvalue weighted by atomic mass is 10.0. The van der Waals surface area contributed by atoms with Gasteiger partial charge in [-0.2, -0.15) is 0 Å². The normalized spacial score (nSPS) is 24.0. The minimum atomic E-state index is 0.267. The summed E-state index contributed by atoms with van der Waals surface area (Å²) in [6.07, 6.45) is 1.58. The molecule has 1 heterocycles. The van der Waals surface area contributed by atoms with Crippen LogP contribution in [0.5, 0.6) is 0 Å². The summed E-state index contributed by atoms with van der Waals surface area (Å²) in [7, 11) is 0. The monoisotopic (exact) mass is 246 g/mol. The van der Waals surface area contributed by atoms with Crippen LogP contribution in [-0.2, 0) is 4.79 Å². The summed E-state index contributed by atoms with van der Waals surface area (Å²) in [4.78, 5) is 14.1. The van der Waals surface area contributed by atoms with Crippen molar-refractivity contribution in [2.24, 2.45) is 0 Å². The number of hydrogen-bond acceptors (Lipinski definition) is 2. The van der Waals surface area contributed by atoms with E-state index in [-0.39, 0.29) is 11.9 Å². The van der Waals surface area contributed by atoms with E-state index >= 15 is 0 Å². The molecule has 1 N–H and O–H groups in total. The van der Waals surface area contributed by atoms with Gasteiger partial charge in [-0.3, -0.25) is 4.79 Å². The fraction of sp³-hybridized carbons (Fsp3) is 0.533. The Morgan fingerprint density at radius 3 is 2.78 bits per heavy atom. The molecule has 1 amide bonds. The van der Waals surface area contributed by atoms with Gasteiger partial charge in [0.25, 0.3) is 0 Å². The topological polar surface area (TPSA) is 32.3 Å². The SMILES string of the molecule is CCCC(=O)N1CC(c2ccccc2)NCC1C. The zero-order valence-electron chi connectivity index (χ0n) is 11.2. The van der Waals surface area contributed by atoms with Crippen molar-refractivity contribution in [3.05, 3.63) is 35.9 Å². The molecule has 2 atom stereocenters. The smallest absolute Gasteiger partial charge is 0.222 e. The fourth-order valence-corrected chi connectivity index (χ4v) is 2.48. The molecule has 0 spiro atoms. The van der Waals surface area contributed by atoms with Crippen LogP contribution in [0.4, 0.5) is 0 Å². The largest absolute Gasteiger partial charge is 0.337 e. The minimum Gasteiger partial charge on any atom is -0.337 e.